The second kappa shape index (κ2) is 49.0. The minimum absolute atomic E-state index is 0.0239. The molecule has 2 rings (SSSR count). The van der Waals surface area contributed by atoms with Gasteiger partial charge in [0.1, 0.15) is 49.3 Å². The van der Waals surface area contributed by atoms with Crippen LogP contribution in [-0.4, -0.2) is 175 Å². The van der Waals surface area contributed by atoms with Gasteiger partial charge in [0.25, 0.3) is 0 Å². The van der Waals surface area contributed by atoms with Crippen molar-refractivity contribution in [1.29, 1.82) is 0 Å². The summed E-state index contributed by atoms with van der Waals surface area (Å²) in [4.78, 5) is 51.9. The van der Waals surface area contributed by atoms with E-state index in [-0.39, 0.29) is 77.0 Å². The van der Waals surface area contributed by atoms with E-state index in [2.05, 4.69) is 49.6 Å². The van der Waals surface area contributed by atoms with E-state index in [4.69, 9.17) is 37.5 Å². The molecule has 2 saturated heterocycles. The number of esters is 2. The highest BCUT2D eigenvalue weighted by Crippen LogP contribution is 2.44. The molecule has 2 amide bonds. The van der Waals surface area contributed by atoms with Crippen molar-refractivity contribution in [3.05, 3.63) is 24.3 Å². The number of rotatable bonds is 52. The quantitative estimate of drug-likeness (QED) is 0.0122. The van der Waals surface area contributed by atoms with Gasteiger partial charge in [0.15, 0.2) is 18.7 Å². The third-order valence-electron chi connectivity index (χ3n) is 15.3. The molecule has 0 aromatic rings. The van der Waals surface area contributed by atoms with Crippen molar-refractivity contribution >= 4 is 31.3 Å². The first-order valence-electron chi connectivity index (χ1n) is 32.6. The molecule has 0 saturated carbocycles. The van der Waals surface area contributed by atoms with Crippen LogP contribution in [0.25, 0.3) is 0 Å². The Hall–Kier alpha value is -2.89. The average Bonchev–Trinajstić information content (AvgIpc) is 3.60. The van der Waals surface area contributed by atoms with Crippen LogP contribution >= 0.6 is 7.60 Å². The maximum atomic E-state index is 13.6. The minimum Gasteiger partial charge on any atom is -0.461 e. The van der Waals surface area contributed by atoms with Crippen molar-refractivity contribution in [2.45, 2.75) is 294 Å². The van der Waals surface area contributed by atoms with Crippen molar-refractivity contribution in [2.24, 2.45) is 5.92 Å². The first-order valence-corrected chi connectivity index (χ1v) is 34.6. The van der Waals surface area contributed by atoms with Crippen LogP contribution in [0.5, 0.6) is 0 Å². The molecule has 22 heteroatoms. The number of aliphatic hydroxyl groups is 6. The predicted octanol–water partition coefficient (Wildman–Crippen LogP) is 9.08. The van der Waals surface area contributed by atoms with Crippen molar-refractivity contribution in [3.63, 3.8) is 0 Å². The highest BCUT2D eigenvalue weighted by molar-refractivity contribution is 7.52. The molecule has 0 radical (unpaired) electrons. The molecular formula is C63H115N2O19P. The van der Waals surface area contributed by atoms with Gasteiger partial charge in [-0.25, -0.2) is 0 Å². The standard InChI is InChI=1S/C63H115N2O19P/c1-6-9-12-15-17-19-20-21-22-23-24-25-27-29-32-40-54(69)82-50(46-78-61(75)49(36-30-14-11-8-3)37-31-28-26-18-16-13-10-7-2)47-80-85(5,76)79-44-42-65-53(68)39-34-33-38-52(67)64-41-35-43-77-63-60(58(73)56(71)51(45-66)83-63)84-62-59(74)57(72)55(70)48(4)81-62/h21-22,31,37,48-51,55-60,62-63,66,70-74H,6-20,23-30,32-36,38-47H2,1-5H3,(H,64,67)(H,65,68)/b22-21-,37-31+/t48?,49?,50-,51?,55-,56+,57+,58+,59?,60?,62+,63-,85?/m1/s1. The molecule has 2 aliphatic rings. The Bertz CT molecular complexity index is 1850. The third kappa shape index (κ3) is 36.4. The second-order valence-corrected chi connectivity index (χ2v) is 25.1. The van der Waals surface area contributed by atoms with E-state index in [1.807, 2.05) is 6.08 Å². The van der Waals surface area contributed by atoms with E-state index in [9.17, 15) is 54.4 Å². The van der Waals surface area contributed by atoms with Crippen molar-refractivity contribution in [3.8, 4) is 0 Å². The molecule has 2 aliphatic heterocycles. The lowest BCUT2D eigenvalue weighted by Crippen LogP contribution is -2.64. The van der Waals surface area contributed by atoms with Gasteiger partial charge in [0.05, 0.1) is 38.4 Å². The Balaban J connectivity index is 1.80. The summed E-state index contributed by atoms with van der Waals surface area (Å²) in [6, 6.07) is 0. The van der Waals surface area contributed by atoms with Gasteiger partial charge in [-0.05, 0) is 77.6 Å². The largest absolute Gasteiger partial charge is 0.461 e. The summed E-state index contributed by atoms with van der Waals surface area (Å²) in [5.41, 5.74) is 0. The van der Waals surface area contributed by atoms with Crippen molar-refractivity contribution in [1.82, 2.24) is 10.6 Å². The van der Waals surface area contributed by atoms with Gasteiger partial charge in [-0.1, -0.05) is 154 Å². The lowest BCUT2D eigenvalue weighted by molar-refractivity contribution is -0.364. The number of aliphatic hydroxyl groups excluding tert-OH is 6. The Morgan fingerprint density at radius 3 is 1.71 bits per heavy atom. The van der Waals surface area contributed by atoms with E-state index >= 15 is 0 Å². The Labute approximate surface area is 509 Å². The normalized spacial score (nSPS) is 24.1. The summed E-state index contributed by atoms with van der Waals surface area (Å²) in [7, 11) is -3.73. The zero-order valence-electron chi connectivity index (χ0n) is 52.5. The van der Waals surface area contributed by atoms with Gasteiger partial charge in [-0.3, -0.25) is 23.7 Å². The maximum Gasteiger partial charge on any atom is 0.327 e. The lowest BCUT2D eigenvalue weighted by Gasteiger charge is -2.45. The van der Waals surface area contributed by atoms with Crippen LogP contribution in [0.1, 0.15) is 227 Å². The van der Waals surface area contributed by atoms with Crippen LogP contribution in [0.3, 0.4) is 0 Å². The van der Waals surface area contributed by atoms with Crippen LogP contribution in [0.15, 0.2) is 24.3 Å². The number of allylic oxidation sites excluding steroid dienone is 3. The highest BCUT2D eigenvalue weighted by Gasteiger charge is 2.50. The maximum absolute atomic E-state index is 13.6. The molecule has 6 unspecified atom stereocenters. The molecule has 13 atom stereocenters. The summed E-state index contributed by atoms with van der Waals surface area (Å²) >= 11 is 0. The summed E-state index contributed by atoms with van der Waals surface area (Å²) in [6.45, 7) is 8.12. The van der Waals surface area contributed by atoms with Crippen molar-refractivity contribution < 1.29 is 91.9 Å². The molecule has 85 heavy (non-hydrogen) atoms. The summed E-state index contributed by atoms with van der Waals surface area (Å²) in [6.07, 6.45) is 22.1. The van der Waals surface area contributed by atoms with Gasteiger partial charge in [-0.2, -0.15) is 0 Å². The molecule has 2 fully saturated rings. The topological polar surface area (TPSA) is 305 Å². The first-order chi connectivity index (χ1) is 41.0. The van der Waals surface area contributed by atoms with Crippen LogP contribution in [0.2, 0.25) is 0 Å². The third-order valence-corrected chi connectivity index (χ3v) is 16.5. The molecule has 496 valence electrons. The smallest absolute Gasteiger partial charge is 0.327 e. The van der Waals surface area contributed by atoms with Crippen LogP contribution in [0, 0.1) is 5.92 Å². The highest BCUT2D eigenvalue weighted by atomic mass is 31.2. The van der Waals surface area contributed by atoms with Gasteiger partial charge in [0, 0.05) is 39.0 Å². The van der Waals surface area contributed by atoms with Crippen LogP contribution < -0.4 is 10.6 Å². The van der Waals surface area contributed by atoms with E-state index < -0.39 is 99.6 Å². The number of carbonyl (C=O) groups excluding carboxylic acids is 4. The number of hydrogen-bond donors (Lipinski definition) is 8. The number of carbonyl (C=O) groups is 4. The van der Waals surface area contributed by atoms with Gasteiger partial charge in [-0.15, -0.1) is 0 Å². The molecule has 21 nitrogen and oxygen atoms in total. The monoisotopic (exact) mass is 1230 g/mol. The fourth-order valence-electron chi connectivity index (χ4n) is 9.89. The molecule has 0 aliphatic carbocycles. The van der Waals surface area contributed by atoms with E-state index in [0.29, 0.717) is 25.7 Å². The summed E-state index contributed by atoms with van der Waals surface area (Å²) < 4.78 is 58.8. The minimum atomic E-state index is -3.73. The molecule has 0 aromatic heterocycles. The number of ether oxygens (including phenoxy) is 6. The Morgan fingerprint density at radius 2 is 1.11 bits per heavy atom. The molecular weight excluding hydrogens is 1120 g/mol. The average molecular weight is 1240 g/mol. The van der Waals surface area contributed by atoms with Gasteiger partial charge in [0.2, 0.25) is 11.8 Å². The number of nitrogens with one attached hydrogen (secondary N) is 2. The SMILES string of the molecule is CCCCCCCC/C=C\CCCCCCCC(=O)O[C@H](COC(=O)C(/C=C/CCCCCCCC)CCCCCC)COP(C)(=O)OCCNC(=O)CCCCC(=O)NCCCO[C@@H]1OC(CO)[C@H](O)[C@H](O)C1O[C@@H]1OC(C)[C@@H](O)[C@H](O)C1O. The molecule has 8 N–H and O–H groups in total. The van der Waals surface area contributed by atoms with Crippen LogP contribution in [0.4, 0.5) is 0 Å². The zero-order valence-corrected chi connectivity index (χ0v) is 53.4. The Kier molecular flexibility index (Phi) is 45.0. The first kappa shape index (κ1) is 78.2. The van der Waals surface area contributed by atoms with E-state index in [1.165, 1.54) is 77.8 Å². The van der Waals surface area contributed by atoms with Gasteiger partial charge < -0.3 is 78.7 Å². The zero-order chi connectivity index (χ0) is 62.5. The van der Waals surface area contributed by atoms with Gasteiger partial charge >= 0.3 is 19.5 Å². The Morgan fingerprint density at radius 1 is 0.565 bits per heavy atom. The van der Waals surface area contributed by atoms with Crippen LogP contribution in [-0.2, 0) is 61.2 Å². The van der Waals surface area contributed by atoms with E-state index in [1.54, 1.807) is 0 Å². The number of amides is 2. The molecule has 0 spiro atoms. The molecule has 0 bridgehead atoms. The van der Waals surface area contributed by atoms with Crippen molar-refractivity contribution in [2.75, 3.05) is 52.8 Å². The molecule has 2 heterocycles. The number of unbranched alkanes of at least 4 members (excludes halogenated alkanes) is 21. The summed E-state index contributed by atoms with van der Waals surface area (Å²) in [5.74, 6) is -1.86. The second-order valence-electron chi connectivity index (χ2n) is 23.0. The predicted molar refractivity (Wildman–Crippen MR) is 325 cm³/mol. The summed E-state index contributed by atoms with van der Waals surface area (Å²) in [5, 5.41) is 67.1. The molecule has 0 aromatic carbocycles. The fraction of sp³-hybridized carbons (Fsp3) is 0.873. The fourth-order valence-corrected chi connectivity index (χ4v) is 10.8. The number of hydrogen-bond acceptors (Lipinski definition) is 19. The lowest BCUT2D eigenvalue weighted by atomic mass is 9.97. The van der Waals surface area contributed by atoms with E-state index in [0.717, 1.165) is 83.5 Å².